The van der Waals surface area contributed by atoms with Gasteiger partial charge in [0.05, 0.1) is 19.8 Å². The Labute approximate surface area is 126 Å². The predicted octanol–water partition coefficient (Wildman–Crippen LogP) is 3.44. The van der Waals surface area contributed by atoms with E-state index in [1.807, 2.05) is 30.3 Å². The van der Waals surface area contributed by atoms with E-state index in [2.05, 4.69) is 22.0 Å². The zero-order valence-electron chi connectivity index (χ0n) is 11.2. The highest BCUT2D eigenvalue weighted by molar-refractivity contribution is 9.10. The van der Waals surface area contributed by atoms with Crippen molar-refractivity contribution in [3.05, 3.63) is 57.6 Å². The molecule has 2 N–H and O–H groups in total. The molecule has 0 aliphatic carbocycles. The minimum absolute atomic E-state index is 0.203. The fourth-order valence-corrected chi connectivity index (χ4v) is 3.04. The highest BCUT2D eigenvalue weighted by Gasteiger charge is 2.22. The van der Waals surface area contributed by atoms with Crippen molar-refractivity contribution in [2.75, 3.05) is 13.7 Å². The van der Waals surface area contributed by atoms with Crippen molar-refractivity contribution in [2.24, 2.45) is 5.73 Å². The van der Waals surface area contributed by atoms with E-state index in [1.54, 1.807) is 7.11 Å². The first kappa shape index (κ1) is 13.5. The van der Waals surface area contributed by atoms with Gasteiger partial charge in [-0.1, -0.05) is 28.1 Å². The number of methoxy groups -OCH3 is 1. The molecule has 20 heavy (non-hydrogen) atoms. The summed E-state index contributed by atoms with van der Waals surface area (Å²) in [6, 6.07) is 11.8. The van der Waals surface area contributed by atoms with Gasteiger partial charge in [0.1, 0.15) is 11.5 Å². The van der Waals surface area contributed by atoms with Crippen LogP contribution in [0, 0.1) is 0 Å². The third-order valence-corrected chi connectivity index (χ3v) is 4.04. The standard InChI is InChI=1S/C16H16BrNO2/c1-19-13-4-2-10(3-5-13)15(18)14-9-12(17)8-11-6-7-20-16(11)14/h2-5,8-9,15H,6-7,18H2,1H3. The van der Waals surface area contributed by atoms with Gasteiger partial charge < -0.3 is 15.2 Å². The summed E-state index contributed by atoms with van der Waals surface area (Å²) in [4.78, 5) is 0. The van der Waals surface area contributed by atoms with Crippen molar-refractivity contribution in [1.29, 1.82) is 0 Å². The Morgan fingerprint density at radius 1 is 1.25 bits per heavy atom. The molecule has 4 heteroatoms. The predicted molar refractivity (Wildman–Crippen MR) is 82.4 cm³/mol. The van der Waals surface area contributed by atoms with Crippen LogP contribution in [0.1, 0.15) is 22.7 Å². The van der Waals surface area contributed by atoms with Crippen LogP contribution in [0.3, 0.4) is 0 Å². The van der Waals surface area contributed by atoms with E-state index in [1.165, 1.54) is 5.56 Å². The van der Waals surface area contributed by atoms with Crippen LogP contribution in [0.5, 0.6) is 11.5 Å². The number of hydrogen-bond acceptors (Lipinski definition) is 3. The van der Waals surface area contributed by atoms with E-state index in [-0.39, 0.29) is 6.04 Å². The van der Waals surface area contributed by atoms with Crippen LogP contribution >= 0.6 is 15.9 Å². The molecule has 104 valence electrons. The summed E-state index contributed by atoms with van der Waals surface area (Å²) in [6.07, 6.45) is 0.942. The molecule has 0 radical (unpaired) electrons. The fourth-order valence-electron chi connectivity index (χ4n) is 2.52. The first-order valence-corrected chi connectivity index (χ1v) is 7.33. The second-order valence-corrected chi connectivity index (χ2v) is 5.75. The third kappa shape index (κ3) is 2.41. The van der Waals surface area contributed by atoms with E-state index in [0.717, 1.165) is 40.1 Å². The van der Waals surface area contributed by atoms with Crippen molar-refractivity contribution in [3.8, 4) is 11.5 Å². The van der Waals surface area contributed by atoms with Gasteiger partial charge in [-0.3, -0.25) is 0 Å². The third-order valence-electron chi connectivity index (χ3n) is 3.59. The molecule has 0 bridgehead atoms. The van der Waals surface area contributed by atoms with Gasteiger partial charge in [-0.2, -0.15) is 0 Å². The summed E-state index contributed by atoms with van der Waals surface area (Å²) >= 11 is 3.55. The summed E-state index contributed by atoms with van der Waals surface area (Å²) in [5, 5.41) is 0. The van der Waals surface area contributed by atoms with Crippen LogP contribution in [-0.2, 0) is 6.42 Å². The minimum atomic E-state index is -0.203. The summed E-state index contributed by atoms with van der Waals surface area (Å²) in [5.74, 6) is 1.77. The SMILES string of the molecule is COc1ccc(C(N)c2cc(Br)cc3c2OCC3)cc1. The molecule has 1 unspecified atom stereocenters. The largest absolute Gasteiger partial charge is 0.497 e. The summed E-state index contributed by atoms with van der Waals surface area (Å²) in [7, 11) is 1.66. The van der Waals surface area contributed by atoms with Crippen molar-refractivity contribution in [3.63, 3.8) is 0 Å². The highest BCUT2D eigenvalue weighted by Crippen LogP contribution is 2.37. The van der Waals surface area contributed by atoms with Crippen LogP contribution in [-0.4, -0.2) is 13.7 Å². The Bertz CT molecular complexity index is 625. The molecule has 3 nitrogen and oxygen atoms in total. The molecular formula is C16H16BrNO2. The van der Waals surface area contributed by atoms with E-state index < -0.39 is 0 Å². The molecule has 0 aromatic heterocycles. The van der Waals surface area contributed by atoms with Gasteiger partial charge in [0.2, 0.25) is 0 Å². The van der Waals surface area contributed by atoms with Gasteiger partial charge in [-0.15, -0.1) is 0 Å². The van der Waals surface area contributed by atoms with Gasteiger partial charge >= 0.3 is 0 Å². The van der Waals surface area contributed by atoms with E-state index in [0.29, 0.717) is 0 Å². The smallest absolute Gasteiger partial charge is 0.127 e. The Balaban J connectivity index is 1.99. The Morgan fingerprint density at radius 3 is 2.70 bits per heavy atom. The van der Waals surface area contributed by atoms with E-state index in [9.17, 15) is 0 Å². The van der Waals surface area contributed by atoms with E-state index in [4.69, 9.17) is 15.2 Å². The highest BCUT2D eigenvalue weighted by atomic mass is 79.9. The maximum atomic E-state index is 6.41. The lowest BCUT2D eigenvalue weighted by Crippen LogP contribution is -2.13. The van der Waals surface area contributed by atoms with Crippen LogP contribution in [0.25, 0.3) is 0 Å². The number of nitrogens with two attached hydrogens (primary N) is 1. The number of halogens is 1. The van der Waals surface area contributed by atoms with Crippen molar-refractivity contribution >= 4 is 15.9 Å². The van der Waals surface area contributed by atoms with Crippen molar-refractivity contribution < 1.29 is 9.47 Å². The zero-order chi connectivity index (χ0) is 14.1. The topological polar surface area (TPSA) is 44.5 Å². The van der Waals surface area contributed by atoms with Crippen LogP contribution in [0.4, 0.5) is 0 Å². The van der Waals surface area contributed by atoms with Crippen LogP contribution in [0.2, 0.25) is 0 Å². The molecule has 3 rings (SSSR count). The van der Waals surface area contributed by atoms with Crippen molar-refractivity contribution in [1.82, 2.24) is 0 Å². The lowest BCUT2D eigenvalue weighted by molar-refractivity contribution is 0.352. The van der Waals surface area contributed by atoms with Crippen LogP contribution in [0.15, 0.2) is 40.9 Å². The summed E-state index contributed by atoms with van der Waals surface area (Å²) in [6.45, 7) is 0.730. The maximum Gasteiger partial charge on any atom is 0.127 e. The average Bonchev–Trinajstić information content (AvgIpc) is 2.94. The maximum absolute atomic E-state index is 6.41. The van der Waals surface area contributed by atoms with Gasteiger partial charge in [-0.05, 0) is 35.4 Å². The molecule has 2 aromatic carbocycles. The number of ether oxygens (including phenoxy) is 2. The van der Waals surface area contributed by atoms with Gasteiger partial charge in [0, 0.05) is 16.5 Å². The summed E-state index contributed by atoms with van der Waals surface area (Å²) in [5.41, 5.74) is 9.70. The monoisotopic (exact) mass is 333 g/mol. The van der Waals surface area contributed by atoms with Crippen molar-refractivity contribution in [2.45, 2.75) is 12.5 Å². The molecular weight excluding hydrogens is 318 g/mol. The molecule has 0 saturated heterocycles. The Kier molecular flexibility index (Phi) is 3.68. The Hall–Kier alpha value is -1.52. The number of rotatable bonds is 3. The lowest BCUT2D eigenvalue weighted by atomic mass is 9.96. The van der Waals surface area contributed by atoms with Gasteiger partial charge in [0.15, 0.2) is 0 Å². The lowest BCUT2D eigenvalue weighted by Gasteiger charge is -2.17. The fraction of sp³-hybridized carbons (Fsp3) is 0.250. The quantitative estimate of drug-likeness (QED) is 0.935. The van der Waals surface area contributed by atoms with Gasteiger partial charge in [0.25, 0.3) is 0 Å². The summed E-state index contributed by atoms with van der Waals surface area (Å²) < 4.78 is 12.0. The molecule has 1 atom stereocenters. The molecule has 1 aliphatic heterocycles. The molecule has 1 heterocycles. The average molecular weight is 334 g/mol. The normalized spacial score (nSPS) is 14.6. The van der Waals surface area contributed by atoms with E-state index >= 15 is 0 Å². The zero-order valence-corrected chi connectivity index (χ0v) is 12.8. The number of benzene rings is 2. The van der Waals surface area contributed by atoms with Crippen LogP contribution < -0.4 is 15.2 Å². The first-order chi connectivity index (χ1) is 9.69. The molecule has 0 amide bonds. The Morgan fingerprint density at radius 2 is 2.00 bits per heavy atom. The second-order valence-electron chi connectivity index (χ2n) is 4.83. The molecule has 0 saturated carbocycles. The minimum Gasteiger partial charge on any atom is -0.497 e. The molecule has 0 spiro atoms. The second kappa shape index (κ2) is 5.46. The first-order valence-electron chi connectivity index (χ1n) is 6.53. The number of fused-ring (bicyclic) bond motifs is 1. The number of hydrogen-bond donors (Lipinski definition) is 1. The molecule has 0 fully saturated rings. The molecule has 2 aromatic rings. The molecule has 1 aliphatic rings. The van der Waals surface area contributed by atoms with Gasteiger partial charge in [-0.25, -0.2) is 0 Å².